The van der Waals surface area contributed by atoms with Crippen molar-refractivity contribution in [3.8, 4) is 0 Å². The van der Waals surface area contributed by atoms with Crippen molar-refractivity contribution in [2.75, 3.05) is 0 Å². The topological polar surface area (TPSA) is 78.1 Å². The van der Waals surface area contributed by atoms with E-state index in [1.165, 1.54) is 0 Å². The summed E-state index contributed by atoms with van der Waals surface area (Å²) in [5.41, 5.74) is 10.2. The summed E-state index contributed by atoms with van der Waals surface area (Å²) >= 11 is 1.06. The first kappa shape index (κ1) is 6.65. The molecule has 0 saturated carbocycles. The smallest absolute Gasteiger partial charge is 0.104 e. The first-order valence-corrected chi connectivity index (χ1v) is 2.65. The summed E-state index contributed by atoms with van der Waals surface area (Å²) in [5.74, 6) is 0.299. The van der Waals surface area contributed by atoms with Crippen molar-refractivity contribution in [1.29, 1.82) is 0 Å². The summed E-state index contributed by atoms with van der Waals surface area (Å²) < 4.78 is 0. The highest BCUT2D eigenvalue weighted by Gasteiger charge is 1.86. The highest BCUT2D eigenvalue weighted by Crippen LogP contribution is 2.04. The second-order valence-electron chi connectivity index (χ2n) is 1.13. The molecule has 6 N–H and O–H groups in total. The molecule has 0 spiro atoms. The molecular weight excluding hydrogens is 110 g/mol. The van der Waals surface area contributed by atoms with Gasteiger partial charge >= 0.3 is 0 Å². The molecule has 4 heteroatoms. The molecule has 0 unspecified atom stereocenters. The molecule has 0 aliphatic carbocycles. The Morgan fingerprint density at radius 1 is 1.43 bits per heavy atom. The highest BCUT2D eigenvalue weighted by atomic mass is 32.2. The van der Waals surface area contributed by atoms with E-state index in [4.69, 9.17) is 16.6 Å². The van der Waals surface area contributed by atoms with Crippen molar-refractivity contribution >= 4 is 11.9 Å². The Balaban J connectivity index is 3.72. The summed E-state index contributed by atoms with van der Waals surface area (Å²) in [6.45, 7) is 1.76. The van der Waals surface area contributed by atoms with E-state index in [2.05, 4.69) is 0 Å². The first-order chi connectivity index (χ1) is 3.18. The van der Waals surface area contributed by atoms with Crippen LogP contribution >= 0.6 is 11.9 Å². The van der Waals surface area contributed by atoms with Crippen LogP contribution in [0, 0.1) is 0 Å². The average Bonchev–Trinajstić information content (AvgIpc) is 1.65. The van der Waals surface area contributed by atoms with Gasteiger partial charge in [0.15, 0.2) is 0 Å². The van der Waals surface area contributed by atoms with Crippen molar-refractivity contribution in [1.82, 2.24) is 0 Å². The lowest BCUT2D eigenvalue weighted by Gasteiger charge is -1.93. The maximum absolute atomic E-state index is 5.10. The van der Waals surface area contributed by atoms with E-state index in [0.717, 1.165) is 16.9 Å². The summed E-state index contributed by atoms with van der Waals surface area (Å²) in [6, 6.07) is 0. The molecule has 0 aliphatic rings. The van der Waals surface area contributed by atoms with Crippen LogP contribution in [0.5, 0.6) is 0 Å². The monoisotopic (exact) mass is 119 g/mol. The molecule has 0 fully saturated rings. The zero-order valence-corrected chi connectivity index (χ0v) is 4.96. The van der Waals surface area contributed by atoms with Gasteiger partial charge in [-0.1, -0.05) is 0 Å². The van der Waals surface area contributed by atoms with E-state index >= 15 is 0 Å². The van der Waals surface area contributed by atoms with Gasteiger partial charge in [0.1, 0.15) is 5.82 Å². The third-order valence-corrected chi connectivity index (χ3v) is 1.17. The Kier molecular flexibility index (Phi) is 2.62. The average molecular weight is 119 g/mol. The fraction of sp³-hybridized carbons (Fsp3) is 0.333. The summed E-state index contributed by atoms with van der Waals surface area (Å²) in [6.07, 6.45) is 0. The molecular formula is C3H9N3S. The van der Waals surface area contributed by atoms with E-state index < -0.39 is 0 Å². The molecule has 0 saturated heterocycles. The minimum absolute atomic E-state index is 0.299. The van der Waals surface area contributed by atoms with Gasteiger partial charge in [-0.2, -0.15) is 0 Å². The number of allylic oxidation sites excluding steroid dienone is 1. The quantitative estimate of drug-likeness (QED) is 0.414. The SMILES string of the molecule is CC(SN)=C(N)N. The molecule has 0 amide bonds. The Bertz CT molecular complexity index is 84.2. The maximum Gasteiger partial charge on any atom is 0.104 e. The molecule has 7 heavy (non-hydrogen) atoms. The van der Waals surface area contributed by atoms with Crippen molar-refractivity contribution in [3.63, 3.8) is 0 Å². The molecule has 0 aromatic heterocycles. The van der Waals surface area contributed by atoms with E-state index in [0.29, 0.717) is 5.82 Å². The first-order valence-electron chi connectivity index (χ1n) is 1.77. The molecule has 0 aromatic rings. The van der Waals surface area contributed by atoms with Crippen LogP contribution in [0.15, 0.2) is 10.7 Å². The summed E-state index contributed by atoms with van der Waals surface area (Å²) in [7, 11) is 0. The van der Waals surface area contributed by atoms with Crippen molar-refractivity contribution in [2.24, 2.45) is 16.6 Å². The van der Waals surface area contributed by atoms with Crippen LogP contribution in [-0.2, 0) is 0 Å². The van der Waals surface area contributed by atoms with E-state index in [1.54, 1.807) is 6.92 Å². The molecule has 0 rings (SSSR count). The van der Waals surface area contributed by atoms with Gasteiger partial charge < -0.3 is 11.5 Å². The van der Waals surface area contributed by atoms with Gasteiger partial charge in [0, 0.05) is 4.91 Å². The normalized spacial score (nSPS) is 8.29. The fourth-order valence-corrected chi connectivity index (χ4v) is 0.204. The minimum atomic E-state index is 0.299. The Hall–Kier alpha value is -0.350. The van der Waals surface area contributed by atoms with E-state index in [-0.39, 0.29) is 0 Å². The predicted molar refractivity (Wildman–Crippen MR) is 32.9 cm³/mol. The van der Waals surface area contributed by atoms with Crippen molar-refractivity contribution in [2.45, 2.75) is 6.92 Å². The van der Waals surface area contributed by atoms with Crippen LogP contribution in [0.4, 0.5) is 0 Å². The summed E-state index contributed by atoms with van der Waals surface area (Å²) in [4.78, 5) is 0.764. The van der Waals surface area contributed by atoms with Crippen molar-refractivity contribution in [3.05, 3.63) is 10.7 Å². The Morgan fingerprint density at radius 2 is 1.86 bits per heavy atom. The summed E-state index contributed by atoms with van der Waals surface area (Å²) in [5, 5.41) is 5.07. The highest BCUT2D eigenvalue weighted by molar-refractivity contribution is 8.00. The van der Waals surface area contributed by atoms with Crippen LogP contribution in [0.1, 0.15) is 6.92 Å². The van der Waals surface area contributed by atoms with Crippen LogP contribution in [0.25, 0.3) is 0 Å². The predicted octanol–water partition coefficient (Wildman–Crippen LogP) is -0.300. The lowest BCUT2D eigenvalue weighted by atomic mass is 10.6. The fourth-order valence-electron chi connectivity index (χ4n) is 0.0680. The zero-order valence-electron chi connectivity index (χ0n) is 4.14. The van der Waals surface area contributed by atoms with Gasteiger partial charge in [0.05, 0.1) is 0 Å². The molecule has 0 aromatic carbocycles. The molecule has 0 aliphatic heterocycles. The van der Waals surface area contributed by atoms with E-state index in [9.17, 15) is 0 Å². The van der Waals surface area contributed by atoms with Gasteiger partial charge in [0.25, 0.3) is 0 Å². The molecule has 42 valence electrons. The third kappa shape index (κ3) is 2.36. The number of rotatable bonds is 1. The lowest BCUT2D eigenvalue weighted by Crippen LogP contribution is -2.10. The minimum Gasteiger partial charge on any atom is -0.385 e. The Labute approximate surface area is 47.1 Å². The van der Waals surface area contributed by atoms with Crippen LogP contribution in [-0.4, -0.2) is 0 Å². The van der Waals surface area contributed by atoms with Gasteiger partial charge in [-0.25, -0.2) is 0 Å². The second kappa shape index (κ2) is 2.76. The Morgan fingerprint density at radius 3 is 1.86 bits per heavy atom. The van der Waals surface area contributed by atoms with Crippen LogP contribution in [0.3, 0.4) is 0 Å². The second-order valence-corrected chi connectivity index (χ2v) is 1.98. The van der Waals surface area contributed by atoms with E-state index in [1.807, 2.05) is 0 Å². The third-order valence-electron chi connectivity index (χ3n) is 0.583. The molecule has 0 bridgehead atoms. The number of nitrogens with two attached hydrogens (primary N) is 3. The molecule has 0 atom stereocenters. The van der Waals surface area contributed by atoms with Crippen molar-refractivity contribution < 1.29 is 0 Å². The maximum atomic E-state index is 5.10. The van der Waals surface area contributed by atoms with Gasteiger partial charge in [-0.15, -0.1) is 0 Å². The largest absolute Gasteiger partial charge is 0.385 e. The van der Waals surface area contributed by atoms with Gasteiger partial charge in [0.2, 0.25) is 0 Å². The van der Waals surface area contributed by atoms with Crippen LogP contribution < -0.4 is 16.6 Å². The molecule has 3 nitrogen and oxygen atoms in total. The molecule has 0 heterocycles. The van der Waals surface area contributed by atoms with Crippen LogP contribution in [0.2, 0.25) is 0 Å². The van der Waals surface area contributed by atoms with Gasteiger partial charge in [-0.3, -0.25) is 5.14 Å². The number of hydrogen-bond acceptors (Lipinski definition) is 4. The molecule has 0 radical (unpaired) electrons. The number of hydrogen-bond donors (Lipinski definition) is 3. The standard InChI is InChI=1S/C3H9N3S/c1-2(7-6)3(4)5/h4-6H2,1H3. The lowest BCUT2D eigenvalue weighted by molar-refractivity contribution is 1.22. The zero-order chi connectivity index (χ0) is 5.86. The van der Waals surface area contributed by atoms with Gasteiger partial charge in [-0.05, 0) is 18.9 Å².